The summed E-state index contributed by atoms with van der Waals surface area (Å²) in [6.07, 6.45) is -0.930. The normalized spacial score (nSPS) is 10.0. The largest absolute Gasteiger partial charge is 0.490 e. The molecule has 0 aliphatic heterocycles. The first kappa shape index (κ1) is 21.7. The molecular formula is C21H23NO7. The minimum Gasteiger partial charge on any atom is -0.490 e. The summed E-state index contributed by atoms with van der Waals surface area (Å²) < 4.78 is 20.8. The first-order chi connectivity index (χ1) is 14.0. The molecule has 0 radical (unpaired) electrons. The maximum atomic E-state index is 12.0. The van der Waals surface area contributed by atoms with E-state index in [1.807, 2.05) is 30.3 Å². The number of benzene rings is 2. The molecule has 0 aromatic heterocycles. The fourth-order valence-electron chi connectivity index (χ4n) is 2.25. The van der Waals surface area contributed by atoms with Crippen LogP contribution in [0.3, 0.4) is 0 Å². The average Bonchev–Trinajstić information content (AvgIpc) is 2.73. The molecule has 0 unspecified atom stereocenters. The summed E-state index contributed by atoms with van der Waals surface area (Å²) in [5.74, 6) is -0.206. The molecule has 2 rings (SSSR count). The topological polar surface area (TPSA) is 91.4 Å². The third-order valence-electron chi connectivity index (χ3n) is 3.61. The van der Waals surface area contributed by atoms with Crippen LogP contribution in [-0.4, -0.2) is 49.2 Å². The van der Waals surface area contributed by atoms with Gasteiger partial charge in [-0.25, -0.2) is 14.5 Å². The fraction of sp³-hybridized carbons (Fsp3) is 0.286. The number of amides is 2. The lowest BCUT2D eigenvalue weighted by Gasteiger charge is -2.17. The first-order valence-electron chi connectivity index (χ1n) is 9.16. The lowest BCUT2D eigenvalue weighted by molar-refractivity contribution is -0.158. The van der Waals surface area contributed by atoms with E-state index in [1.54, 1.807) is 38.1 Å². The van der Waals surface area contributed by atoms with Crippen LogP contribution in [0.2, 0.25) is 0 Å². The highest BCUT2D eigenvalue weighted by atomic mass is 16.6. The van der Waals surface area contributed by atoms with Crippen molar-refractivity contribution in [3.63, 3.8) is 0 Å². The Bertz CT molecular complexity index is 806. The van der Waals surface area contributed by atoms with Crippen molar-refractivity contribution in [2.24, 2.45) is 0 Å². The Hall–Kier alpha value is -3.55. The van der Waals surface area contributed by atoms with E-state index in [0.29, 0.717) is 16.4 Å². The third-order valence-corrected chi connectivity index (χ3v) is 3.61. The van der Waals surface area contributed by atoms with Gasteiger partial charge in [-0.1, -0.05) is 18.2 Å². The molecule has 0 saturated heterocycles. The molecule has 154 valence electrons. The summed E-state index contributed by atoms with van der Waals surface area (Å²) in [4.78, 5) is 35.9. The predicted molar refractivity (Wildman–Crippen MR) is 104 cm³/mol. The number of carbonyl (C=O) groups is 3. The molecule has 29 heavy (non-hydrogen) atoms. The van der Waals surface area contributed by atoms with E-state index in [1.165, 1.54) is 0 Å². The molecule has 0 bridgehead atoms. The second-order valence-electron chi connectivity index (χ2n) is 5.62. The highest BCUT2D eigenvalue weighted by Crippen LogP contribution is 2.23. The van der Waals surface area contributed by atoms with Crippen molar-refractivity contribution >= 4 is 18.0 Å². The van der Waals surface area contributed by atoms with Crippen LogP contribution in [0.25, 0.3) is 0 Å². The minimum atomic E-state index is -1.10. The SMILES string of the molecule is CCOC(=O)C(=O)N(CC)C(=O)OCCOc1ccc(Oc2ccccc2)cc1. The molecule has 2 aromatic carbocycles. The summed E-state index contributed by atoms with van der Waals surface area (Å²) in [5, 5.41) is 0. The number of nitrogens with zero attached hydrogens (tertiary/aromatic N) is 1. The van der Waals surface area contributed by atoms with Gasteiger partial charge in [0.25, 0.3) is 0 Å². The molecule has 0 N–H and O–H groups in total. The smallest absolute Gasteiger partial charge is 0.417 e. The van der Waals surface area contributed by atoms with Gasteiger partial charge in [0.05, 0.1) is 6.61 Å². The van der Waals surface area contributed by atoms with Crippen molar-refractivity contribution in [2.45, 2.75) is 13.8 Å². The molecular weight excluding hydrogens is 378 g/mol. The lowest BCUT2D eigenvalue weighted by atomic mass is 10.3. The quantitative estimate of drug-likeness (QED) is 0.380. The highest BCUT2D eigenvalue weighted by Gasteiger charge is 2.28. The molecule has 0 aliphatic rings. The molecule has 2 amide bonds. The first-order valence-corrected chi connectivity index (χ1v) is 9.16. The molecule has 0 spiro atoms. The lowest BCUT2D eigenvalue weighted by Crippen LogP contribution is -2.42. The summed E-state index contributed by atoms with van der Waals surface area (Å²) in [7, 11) is 0. The number of ether oxygens (including phenoxy) is 4. The van der Waals surface area contributed by atoms with Crippen LogP contribution in [-0.2, 0) is 19.1 Å². The Kier molecular flexibility index (Phi) is 8.50. The Labute approximate surface area is 168 Å². The van der Waals surface area contributed by atoms with Crippen LogP contribution in [0.15, 0.2) is 54.6 Å². The number of rotatable bonds is 8. The minimum absolute atomic E-state index is 0.0137. The molecule has 0 atom stereocenters. The molecule has 8 heteroatoms. The van der Waals surface area contributed by atoms with Gasteiger partial charge in [0.15, 0.2) is 0 Å². The fourth-order valence-corrected chi connectivity index (χ4v) is 2.25. The maximum absolute atomic E-state index is 12.0. The van der Waals surface area contributed by atoms with Crippen molar-refractivity contribution in [3.05, 3.63) is 54.6 Å². The Morgan fingerprint density at radius 3 is 2.03 bits per heavy atom. The van der Waals surface area contributed by atoms with Crippen LogP contribution in [0.4, 0.5) is 4.79 Å². The monoisotopic (exact) mass is 401 g/mol. The third kappa shape index (κ3) is 6.84. The van der Waals surface area contributed by atoms with Gasteiger partial charge < -0.3 is 18.9 Å². The van der Waals surface area contributed by atoms with Crippen molar-refractivity contribution in [3.8, 4) is 17.2 Å². The molecule has 0 fully saturated rings. The van der Waals surface area contributed by atoms with Gasteiger partial charge in [-0.05, 0) is 50.2 Å². The second kappa shape index (κ2) is 11.3. The van der Waals surface area contributed by atoms with Crippen LogP contribution < -0.4 is 9.47 Å². The van der Waals surface area contributed by atoms with E-state index < -0.39 is 18.0 Å². The summed E-state index contributed by atoms with van der Waals surface area (Å²) in [6, 6.07) is 16.3. The zero-order valence-electron chi connectivity index (χ0n) is 16.3. The van der Waals surface area contributed by atoms with Gasteiger partial charge in [0.1, 0.15) is 30.5 Å². The van der Waals surface area contributed by atoms with Crippen LogP contribution in [0.5, 0.6) is 17.2 Å². The molecule has 0 heterocycles. The number of carbonyl (C=O) groups excluding carboxylic acids is 3. The Morgan fingerprint density at radius 2 is 1.41 bits per heavy atom. The molecule has 8 nitrogen and oxygen atoms in total. The average molecular weight is 401 g/mol. The van der Waals surface area contributed by atoms with Gasteiger partial charge in [-0.15, -0.1) is 0 Å². The van der Waals surface area contributed by atoms with Crippen LogP contribution in [0, 0.1) is 0 Å². The van der Waals surface area contributed by atoms with Crippen molar-refractivity contribution in [1.82, 2.24) is 4.90 Å². The summed E-state index contributed by atoms with van der Waals surface area (Å²) in [6.45, 7) is 3.13. The zero-order chi connectivity index (χ0) is 21.1. The van der Waals surface area contributed by atoms with Gasteiger partial charge in [-0.3, -0.25) is 4.79 Å². The van der Waals surface area contributed by atoms with Crippen LogP contribution >= 0.6 is 0 Å². The van der Waals surface area contributed by atoms with E-state index >= 15 is 0 Å². The summed E-state index contributed by atoms with van der Waals surface area (Å²) in [5.41, 5.74) is 0. The van der Waals surface area contributed by atoms with Crippen LogP contribution in [0.1, 0.15) is 13.8 Å². The van der Waals surface area contributed by atoms with Gasteiger partial charge in [0.2, 0.25) is 0 Å². The van der Waals surface area contributed by atoms with E-state index in [9.17, 15) is 14.4 Å². The van der Waals surface area contributed by atoms with Crippen molar-refractivity contribution in [1.29, 1.82) is 0 Å². The Morgan fingerprint density at radius 1 is 0.793 bits per heavy atom. The van der Waals surface area contributed by atoms with Crippen molar-refractivity contribution < 1.29 is 33.3 Å². The van der Waals surface area contributed by atoms with E-state index in [-0.39, 0.29) is 26.4 Å². The predicted octanol–water partition coefficient (Wildman–Crippen LogP) is 3.41. The Balaban J connectivity index is 1.75. The number of imide groups is 1. The van der Waals surface area contributed by atoms with Gasteiger partial charge in [0, 0.05) is 6.54 Å². The molecule has 0 saturated carbocycles. The van der Waals surface area contributed by atoms with E-state index in [4.69, 9.17) is 14.2 Å². The molecule has 2 aromatic rings. The number of para-hydroxylation sites is 1. The molecule has 0 aliphatic carbocycles. The second-order valence-corrected chi connectivity index (χ2v) is 5.62. The standard InChI is InChI=1S/C21H23NO7/c1-3-22(19(23)20(24)26-4-2)21(25)28-15-14-27-16-10-12-18(13-11-16)29-17-8-6-5-7-9-17/h5-13H,3-4,14-15H2,1-2H3. The highest BCUT2D eigenvalue weighted by molar-refractivity contribution is 6.34. The number of hydrogen-bond donors (Lipinski definition) is 0. The number of hydrogen-bond acceptors (Lipinski definition) is 7. The van der Waals surface area contributed by atoms with Gasteiger partial charge in [-0.2, -0.15) is 0 Å². The number of likely N-dealkylation sites (N-methyl/N-ethyl adjacent to an activating group) is 1. The van der Waals surface area contributed by atoms with E-state index in [0.717, 1.165) is 5.75 Å². The van der Waals surface area contributed by atoms with Gasteiger partial charge >= 0.3 is 18.0 Å². The van der Waals surface area contributed by atoms with E-state index in [2.05, 4.69) is 4.74 Å². The maximum Gasteiger partial charge on any atom is 0.417 e. The summed E-state index contributed by atoms with van der Waals surface area (Å²) >= 11 is 0. The number of esters is 1. The zero-order valence-corrected chi connectivity index (χ0v) is 16.3. The van der Waals surface area contributed by atoms with Crippen molar-refractivity contribution in [2.75, 3.05) is 26.4 Å².